The van der Waals surface area contributed by atoms with E-state index < -0.39 is 9.84 Å². The summed E-state index contributed by atoms with van der Waals surface area (Å²) >= 11 is 5.53. The third-order valence-electron chi connectivity index (χ3n) is 2.84. The monoisotopic (exact) mass is 267 g/mol. The number of unbranched alkanes of at least 4 members (excludes halogenated alkanes) is 1. The van der Waals surface area contributed by atoms with Crippen LogP contribution in [0.15, 0.2) is 0 Å². The van der Waals surface area contributed by atoms with E-state index in [4.69, 9.17) is 11.6 Å². The van der Waals surface area contributed by atoms with Crippen LogP contribution in [0.1, 0.15) is 26.2 Å². The maximum absolute atomic E-state index is 11.6. The Morgan fingerprint density at radius 2 is 2.19 bits per heavy atom. The molecule has 1 rings (SSSR count). The lowest BCUT2D eigenvalue weighted by atomic mass is 10.2. The van der Waals surface area contributed by atoms with Gasteiger partial charge in [-0.1, -0.05) is 13.3 Å². The van der Waals surface area contributed by atoms with Gasteiger partial charge in [-0.15, -0.1) is 11.6 Å². The average Bonchev–Trinajstić information content (AvgIpc) is 2.59. The Bertz CT molecular complexity index is 342. The lowest BCUT2D eigenvalue weighted by Crippen LogP contribution is -2.42. The highest BCUT2D eigenvalue weighted by Crippen LogP contribution is 2.18. The molecule has 0 unspecified atom stereocenters. The Kier molecular flexibility index (Phi) is 5.05. The summed E-state index contributed by atoms with van der Waals surface area (Å²) in [5.41, 5.74) is 0. The van der Waals surface area contributed by atoms with Gasteiger partial charge >= 0.3 is 0 Å². The molecular weight excluding hydrogens is 250 g/mol. The predicted octanol–water partition coefficient (Wildman–Crippen LogP) is 1.04. The Labute approximate surface area is 102 Å². The van der Waals surface area contributed by atoms with E-state index in [9.17, 15) is 13.2 Å². The van der Waals surface area contributed by atoms with Gasteiger partial charge in [0.1, 0.15) is 5.88 Å². The number of nitrogens with zero attached hydrogens (tertiary/aromatic N) is 1. The zero-order chi connectivity index (χ0) is 12.2. The van der Waals surface area contributed by atoms with Crippen molar-refractivity contribution in [2.45, 2.75) is 32.2 Å². The van der Waals surface area contributed by atoms with Crippen LogP contribution in [0.3, 0.4) is 0 Å². The summed E-state index contributed by atoms with van der Waals surface area (Å²) in [6, 6.07) is -0.164. The maximum atomic E-state index is 11.6. The smallest absolute Gasteiger partial charge is 0.237 e. The summed E-state index contributed by atoms with van der Waals surface area (Å²) in [6.45, 7) is 2.65. The van der Waals surface area contributed by atoms with Crippen molar-refractivity contribution in [1.82, 2.24) is 4.90 Å². The van der Waals surface area contributed by atoms with Crippen molar-refractivity contribution in [3.63, 3.8) is 0 Å². The fourth-order valence-electron chi connectivity index (χ4n) is 1.94. The molecule has 16 heavy (non-hydrogen) atoms. The van der Waals surface area contributed by atoms with Gasteiger partial charge in [0.15, 0.2) is 9.84 Å². The number of rotatable bonds is 5. The molecule has 6 heteroatoms. The topological polar surface area (TPSA) is 54.5 Å². The first-order valence-corrected chi connectivity index (χ1v) is 7.91. The molecular formula is C10H18ClNO3S. The quantitative estimate of drug-likeness (QED) is 0.700. The number of carbonyl (C=O) groups is 1. The third kappa shape index (κ3) is 3.63. The zero-order valence-electron chi connectivity index (χ0n) is 9.49. The van der Waals surface area contributed by atoms with Crippen LogP contribution in [0.5, 0.6) is 0 Å². The van der Waals surface area contributed by atoms with Crippen molar-refractivity contribution >= 4 is 27.3 Å². The van der Waals surface area contributed by atoms with E-state index in [-0.39, 0.29) is 29.3 Å². The maximum Gasteiger partial charge on any atom is 0.237 e. The van der Waals surface area contributed by atoms with E-state index in [1.54, 1.807) is 4.90 Å². The molecule has 1 atom stereocenters. The van der Waals surface area contributed by atoms with Crippen LogP contribution in [-0.4, -0.2) is 49.2 Å². The van der Waals surface area contributed by atoms with Gasteiger partial charge in [0, 0.05) is 12.6 Å². The predicted molar refractivity (Wildman–Crippen MR) is 64.4 cm³/mol. The number of sulfone groups is 1. The Hall–Kier alpha value is -0.290. The van der Waals surface area contributed by atoms with E-state index in [0.29, 0.717) is 13.0 Å². The molecule has 0 spiro atoms. The van der Waals surface area contributed by atoms with Crippen LogP contribution in [0.25, 0.3) is 0 Å². The second-order valence-corrected chi connectivity index (χ2v) is 6.63. The summed E-state index contributed by atoms with van der Waals surface area (Å²) < 4.78 is 22.7. The van der Waals surface area contributed by atoms with Crippen molar-refractivity contribution in [3.8, 4) is 0 Å². The summed E-state index contributed by atoms with van der Waals surface area (Å²) in [5.74, 6) is 0.0624. The number of amides is 1. The molecule has 1 aliphatic rings. The number of carbonyl (C=O) groups excluding carboxylic acids is 1. The Morgan fingerprint density at radius 3 is 2.62 bits per heavy atom. The highest BCUT2D eigenvalue weighted by molar-refractivity contribution is 7.91. The fraction of sp³-hybridized carbons (Fsp3) is 0.900. The van der Waals surface area contributed by atoms with E-state index in [1.807, 2.05) is 6.92 Å². The van der Waals surface area contributed by atoms with Crippen molar-refractivity contribution in [2.24, 2.45) is 0 Å². The third-order valence-corrected chi connectivity index (χ3v) is 4.82. The largest absolute Gasteiger partial charge is 0.338 e. The summed E-state index contributed by atoms with van der Waals surface area (Å²) in [7, 11) is -2.94. The van der Waals surface area contributed by atoms with Gasteiger partial charge in [0.05, 0.1) is 11.5 Å². The van der Waals surface area contributed by atoms with Crippen LogP contribution in [0.4, 0.5) is 0 Å². The van der Waals surface area contributed by atoms with E-state index in [0.717, 1.165) is 12.8 Å². The first-order chi connectivity index (χ1) is 7.50. The normalized spacial score (nSPS) is 23.2. The van der Waals surface area contributed by atoms with E-state index >= 15 is 0 Å². The van der Waals surface area contributed by atoms with Crippen molar-refractivity contribution in [1.29, 1.82) is 0 Å². The van der Waals surface area contributed by atoms with Gasteiger partial charge in [0.2, 0.25) is 5.91 Å². The summed E-state index contributed by atoms with van der Waals surface area (Å²) in [4.78, 5) is 13.3. The Balaban J connectivity index is 2.66. The molecule has 94 valence electrons. The number of hydrogen-bond acceptors (Lipinski definition) is 3. The first-order valence-electron chi connectivity index (χ1n) is 5.56. The van der Waals surface area contributed by atoms with Crippen LogP contribution < -0.4 is 0 Å². The van der Waals surface area contributed by atoms with E-state index in [1.165, 1.54) is 0 Å². The highest BCUT2D eigenvalue weighted by atomic mass is 35.5. The van der Waals surface area contributed by atoms with Crippen LogP contribution >= 0.6 is 11.6 Å². The number of alkyl halides is 1. The molecule has 0 N–H and O–H groups in total. The van der Waals surface area contributed by atoms with Gasteiger partial charge in [-0.2, -0.15) is 0 Å². The molecule has 0 aromatic heterocycles. The minimum atomic E-state index is -2.94. The van der Waals surface area contributed by atoms with Crippen molar-refractivity contribution in [3.05, 3.63) is 0 Å². The van der Waals surface area contributed by atoms with Crippen LogP contribution in [0, 0.1) is 0 Å². The lowest BCUT2D eigenvalue weighted by Gasteiger charge is -2.27. The SMILES string of the molecule is CCCCN(C(=O)CCl)[C@@H]1CCS(=O)(=O)C1. The zero-order valence-corrected chi connectivity index (χ0v) is 11.1. The molecule has 1 amide bonds. The molecule has 0 saturated carbocycles. The molecule has 4 nitrogen and oxygen atoms in total. The van der Waals surface area contributed by atoms with Gasteiger partial charge in [-0.05, 0) is 12.8 Å². The van der Waals surface area contributed by atoms with Crippen LogP contribution in [-0.2, 0) is 14.6 Å². The summed E-state index contributed by atoms with van der Waals surface area (Å²) in [6.07, 6.45) is 2.42. The van der Waals surface area contributed by atoms with Crippen molar-refractivity contribution < 1.29 is 13.2 Å². The molecule has 0 aromatic rings. The van der Waals surface area contributed by atoms with Crippen LogP contribution in [0.2, 0.25) is 0 Å². The second kappa shape index (κ2) is 5.87. The molecule has 0 aliphatic carbocycles. The summed E-state index contributed by atoms with van der Waals surface area (Å²) in [5, 5.41) is 0. The molecule has 1 heterocycles. The molecule has 1 fully saturated rings. The number of halogens is 1. The highest BCUT2D eigenvalue weighted by Gasteiger charge is 2.33. The standard InChI is InChI=1S/C10H18ClNO3S/c1-2-3-5-12(10(13)7-11)9-4-6-16(14,15)8-9/h9H,2-8H2,1H3/t9-/m1/s1. The minimum Gasteiger partial charge on any atom is -0.338 e. The second-order valence-electron chi connectivity index (χ2n) is 4.13. The molecule has 0 radical (unpaired) electrons. The van der Waals surface area contributed by atoms with Gasteiger partial charge < -0.3 is 4.90 Å². The van der Waals surface area contributed by atoms with Gasteiger partial charge in [-0.3, -0.25) is 4.79 Å². The molecule has 0 aromatic carbocycles. The number of hydrogen-bond donors (Lipinski definition) is 0. The average molecular weight is 268 g/mol. The minimum absolute atomic E-state index is 0.0692. The lowest BCUT2D eigenvalue weighted by molar-refractivity contribution is -0.130. The molecule has 0 bridgehead atoms. The molecule has 1 aliphatic heterocycles. The first kappa shape index (κ1) is 13.8. The Morgan fingerprint density at radius 1 is 1.50 bits per heavy atom. The van der Waals surface area contributed by atoms with E-state index in [2.05, 4.69) is 0 Å². The van der Waals surface area contributed by atoms with Gasteiger partial charge in [0.25, 0.3) is 0 Å². The molecule has 1 saturated heterocycles. The fourth-order valence-corrected chi connectivity index (χ4v) is 3.82. The van der Waals surface area contributed by atoms with Crippen molar-refractivity contribution in [2.75, 3.05) is 23.9 Å². The van der Waals surface area contributed by atoms with Gasteiger partial charge in [-0.25, -0.2) is 8.42 Å².